The van der Waals surface area contributed by atoms with Gasteiger partial charge in [0.2, 0.25) is 0 Å². The second-order valence-electron chi connectivity index (χ2n) is 4.34. The smallest absolute Gasteiger partial charge is 0.0626 e. The Labute approximate surface area is 107 Å². The summed E-state index contributed by atoms with van der Waals surface area (Å²) >= 11 is 5.85. The van der Waals surface area contributed by atoms with Crippen LogP contribution in [-0.2, 0) is 4.74 Å². The summed E-state index contributed by atoms with van der Waals surface area (Å²) in [5.41, 5.74) is 1.07. The first-order valence-corrected chi connectivity index (χ1v) is 6.37. The average molecular weight is 256 g/mol. The Kier molecular flexibility index (Phi) is 4.80. The van der Waals surface area contributed by atoms with Gasteiger partial charge in [0.15, 0.2) is 0 Å². The Bertz CT molecular complexity index is 336. The van der Waals surface area contributed by atoms with Crippen molar-refractivity contribution in [1.29, 1.82) is 0 Å². The second kappa shape index (κ2) is 6.36. The molecule has 1 heterocycles. The van der Waals surface area contributed by atoms with Gasteiger partial charge in [-0.15, -0.1) is 0 Å². The number of hydrogen-bond donors (Lipinski definition) is 2. The lowest BCUT2D eigenvalue weighted by atomic mass is 10.0. The van der Waals surface area contributed by atoms with E-state index in [4.69, 9.17) is 16.3 Å². The average Bonchev–Trinajstić information content (AvgIpc) is 2.38. The highest BCUT2D eigenvalue weighted by molar-refractivity contribution is 6.30. The van der Waals surface area contributed by atoms with Crippen molar-refractivity contribution in [2.24, 2.45) is 0 Å². The number of hydrogen-bond acceptors (Lipinski definition) is 3. The van der Waals surface area contributed by atoms with Crippen LogP contribution in [0.15, 0.2) is 24.3 Å². The molecule has 1 aromatic rings. The number of aliphatic hydroxyl groups excluding tert-OH is 1. The Morgan fingerprint density at radius 1 is 1.29 bits per heavy atom. The van der Waals surface area contributed by atoms with E-state index in [0.717, 1.165) is 36.6 Å². The topological polar surface area (TPSA) is 41.5 Å². The zero-order valence-corrected chi connectivity index (χ0v) is 10.5. The molecule has 0 aliphatic carbocycles. The van der Waals surface area contributed by atoms with Crippen LogP contribution in [0.5, 0.6) is 0 Å². The Balaban J connectivity index is 1.97. The van der Waals surface area contributed by atoms with E-state index in [0.29, 0.717) is 6.04 Å². The van der Waals surface area contributed by atoms with Gasteiger partial charge in [0, 0.05) is 24.3 Å². The summed E-state index contributed by atoms with van der Waals surface area (Å²) in [4.78, 5) is 0. The third-order valence-electron chi connectivity index (χ3n) is 3.11. The maximum absolute atomic E-state index is 9.45. The molecule has 0 bridgehead atoms. The summed E-state index contributed by atoms with van der Waals surface area (Å²) < 4.78 is 5.32. The van der Waals surface area contributed by atoms with Crippen molar-refractivity contribution < 1.29 is 9.84 Å². The lowest BCUT2D eigenvalue weighted by Gasteiger charge is -2.28. The summed E-state index contributed by atoms with van der Waals surface area (Å²) in [6.45, 7) is 1.70. The van der Waals surface area contributed by atoms with Gasteiger partial charge in [-0.2, -0.15) is 0 Å². The molecule has 2 rings (SSSR count). The zero-order chi connectivity index (χ0) is 12.1. The third-order valence-corrected chi connectivity index (χ3v) is 3.37. The van der Waals surface area contributed by atoms with E-state index < -0.39 is 0 Å². The summed E-state index contributed by atoms with van der Waals surface area (Å²) in [6, 6.07) is 8.02. The van der Waals surface area contributed by atoms with Gasteiger partial charge in [0.05, 0.1) is 12.6 Å². The van der Waals surface area contributed by atoms with Crippen molar-refractivity contribution in [3.8, 4) is 0 Å². The fraction of sp³-hybridized carbons (Fsp3) is 0.538. The van der Waals surface area contributed by atoms with E-state index in [9.17, 15) is 5.11 Å². The molecular weight excluding hydrogens is 238 g/mol. The summed E-state index contributed by atoms with van der Waals surface area (Å²) in [5, 5.41) is 13.6. The van der Waals surface area contributed by atoms with Crippen LogP contribution >= 0.6 is 11.6 Å². The first-order chi connectivity index (χ1) is 8.29. The number of ether oxygens (including phenoxy) is 1. The van der Waals surface area contributed by atoms with Gasteiger partial charge < -0.3 is 15.2 Å². The lowest BCUT2D eigenvalue weighted by molar-refractivity contribution is 0.0715. The molecule has 0 aromatic heterocycles. The Morgan fingerprint density at radius 2 is 1.94 bits per heavy atom. The standard InChI is InChI=1S/C13H18ClNO2/c14-11-3-1-10(2-4-11)13(9-16)15-12-5-7-17-8-6-12/h1-4,12-13,15-16H,5-9H2. The van der Waals surface area contributed by atoms with Gasteiger partial charge in [-0.25, -0.2) is 0 Å². The molecule has 0 saturated carbocycles. The number of halogens is 1. The first kappa shape index (κ1) is 12.8. The highest BCUT2D eigenvalue weighted by Gasteiger charge is 2.18. The molecule has 1 aliphatic rings. The van der Waals surface area contributed by atoms with E-state index in [1.807, 2.05) is 24.3 Å². The van der Waals surface area contributed by atoms with Crippen LogP contribution in [0, 0.1) is 0 Å². The van der Waals surface area contributed by atoms with Crippen LogP contribution in [-0.4, -0.2) is 31.0 Å². The van der Waals surface area contributed by atoms with E-state index >= 15 is 0 Å². The molecule has 0 amide bonds. The van der Waals surface area contributed by atoms with Crippen molar-refractivity contribution >= 4 is 11.6 Å². The maximum atomic E-state index is 9.45. The van der Waals surface area contributed by atoms with Gasteiger partial charge in [-0.1, -0.05) is 23.7 Å². The normalized spacial score (nSPS) is 19.2. The molecule has 0 spiro atoms. The van der Waals surface area contributed by atoms with Crippen LogP contribution < -0.4 is 5.32 Å². The number of benzene rings is 1. The molecule has 1 aliphatic heterocycles. The molecule has 94 valence electrons. The second-order valence-corrected chi connectivity index (χ2v) is 4.78. The van der Waals surface area contributed by atoms with Crippen LogP contribution in [0.3, 0.4) is 0 Å². The fourth-order valence-electron chi connectivity index (χ4n) is 2.10. The van der Waals surface area contributed by atoms with Gasteiger partial charge >= 0.3 is 0 Å². The van der Waals surface area contributed by atoms with Crippen molar-refractivity contribution in [2.75, 3.05) is 19.8 Å². The molecule has 1 aromatic carbocycles. The predicted molar refractivity (Wildman–Crippen MR) is 68.3 cm³/mol. The SMILES string of the molecule is OCC(NC1CCOCC1)c1ccc(Cl)cc1. The highest BCUT2D eigenvalue weighted by Crippen LogP contribution is 2.18. The molecule has 3 nitrogen and oxygen atoms in total. The quantitative estimate of drug-likeness (QED) is 0.866. The molecule has 1 fully saturated rings. The van der Waals surface area contributed by atoms with E-state index in [2.05, 4.69) is 5.32 Å². The van der Waals surface area contributed by atoms with Crippen LogP contribution in [0.25, 0.3) is 0 Å². The fourth-order valence-corrected chi connectivity index (χ4v) is 2.22. The highest BCUT2D eigenvalue weighted by atomic mass is 35.5. The maximum Gasteiger partial charge on any atom is 0.0626 e. The molecule has 17 heavy (non-hydrogen) atoms. The molecule has 1 unspecified atom stereocenters. The number of nitrogens with one attached hydrogen (secondary N) is 1. The molecule has 1 atom stereocenters. The van der Waals surface area contributed by atoms with Crippen LogP contribution in [0.2, 0.25) is 5.02 Å². The van der Waals surface area contributed by atoms with Gasteiger partial charge in [-0.05, 0) is 30.5 Å². The molecular formula is C13H18ClNO2. The molecule has 4 heteroatoms. The summed E-state index contributed by atoms with van der Waals surface area (Å²) in [7, 11) is 0. The Morgan fingerprint density at radius 3 is 2.53 bits per heavy atom. The molecule has 1 saturated heterocycles. The van der Waals surface area contributed by atoms with Crippen molar-refractivity contribution in [3.05, 3.63) is 34.9 Å². The van der Waals surface area contributed by atoms with E-state index in [-0.39, 0.29) is 12.6 Å². The van der Waals surface area contributed by atoms with E-state index in [1.54, 1.807) is 0 Å². The minimum absolute atomic E-state index is 0.0182. The number of aliphatic hydroxyl groups is 1. The van der Waals surface area contributed by atoms with Crippen molar-refractivity contribution in [1.82, 2.24) is 5.32 Å². The third kappa shape index (κ3) is 3.68. The largest absolute Gasteiger partial charge is 0.394 e. The van der Waals surface area contributed by atoms with Crippen molar-refractivity contribution in [3.63, 3.8) is 0 Å². The van der Waals surface area contributed by atoms with Crippen LogP contribution in [0.1, 0.15) is 24.4 Å². The first-order valence-electron chi connectivity index (χ1n) is 5.99. The molecule has 2 N–H and O–H groups in total. The zero-order valence-electron chi connectivity index (χ0n) is 9.73. The number of rotatable bonds is 4. The van der Waals surface area contributed by atoms with Crippen molar-refractivity contribution in [2.45, 2.75) is 24.9 Å². The minimum atomic E-state index is -0.0182. The predicted octanol–water partition coefficient (Wildman–Crippen LogP) is 2.14. The Hall–Kier alpha value is -0.610. The van der Waals surface area contributed by atoms with Gasteiger partial charge in [0.25, 0.3) is 0 Å². The summed E-state index contributed by atoms with van der Waals surface area (Å²) in [5.74, 6) is 0. The lowest BCUT2D eigenvalue weighted by Crippen LogP contribution is -2.38. The molecule has 0 radical (unpaired) electrons. The van der Waals surface area contributed by atoms with Gasteiger partial charge in [-0.3, -0.25) is 0 Å². The van der Waals surface area contributed by atoms with Gasteiger partial charge in [0.1, 0.15) is 0 Å². The summed E-state index contributed by atoms with van der Waals surface area (Å²) in [6.07, 6.45) is 2.01. The van der Waals surface area contributed by atoms with Crippen LogP contribution in [0.4, 0.5) is 0 Å². The van der Waals surface area contributed by atoms with E-state index in [1.165, 1.54) is 0 Å². The minimum Gasteiger partial charge on any atom is -0.394 e. The monoisotopic (exact) mass is 255 g/mol.